The summed E-state index contributed by atoms with van der Waals surface area (Å²) in [5, 5.41) is 9.17. The lowest BCUT2D eigenvalue weighted by atomic mass is 9.98. The number of nitrogens with two attached hydrogens (primary N) is 1. The van der Waals surface area contributed by atoms with Crippen LogP contribution < -0.4 is 10.5 Å². The van der Waals surface area contributed by atoms with Gasteiger partial charge in [0.05, 0.1) is 5.56 Å². The summed E-state index contributed by atoms with van der Waals surface area (Å²) in [4.78, 5) is 14.5. The molecular weight excluding hydrogens is 287 g/mol. The van der Waals surface area contributed by atoms with Crippen LogP contribution in [0.5, 0.6) is 5.75 Å². The van der Waals surface area contributed by atoms with Gasteiger partial charge in [0.25, 0.3) is 5.91 Å². The number of carbonyl (C=O) groups excluding carboxylic acids is 1. The summed E-state index contributed by atoms with van der Waals surface area (Å²) in [6.07, 6.45) is 3.36. The summed E-state index contributed by atoms with van der Waals surface area (Å²) in [5.74, 6) is -0.367. The highest BCUT2D eigenvalue weighted by molar-refractivity contribution is 5.97. The number of likely N-dealkylation sites (tertiary alicyclic amines) is 1. The molecule has 122 valence electrons. The first-order chi connectivity index (χ1) is 10.7. The molecule has 0 aliphatic carbocycles. The normalized spacial score (nSPS) is 18.3. The second-order valence-electron chi connectivity index (χ2n) is 5.44. The fourth-order valence-electron chi connectivity index (χ4n) is 2.84. The third-order valence-corrected chi connectivity index (χ3v) is 3.90. The number of rotatable bonds is 6. The van der Waals surface area contributed by atoms with E-state index in [4.69, 9.17) is 15.6 Å². The minimum absolute atomic E-state index is 0.00289. The van der Waals surface area contributed by atoms with Gasteiger partial charge < -0.3 is 20.5 Å². The third kappa shape index (κ3) is 3.96. The molecule has 0 bridgehead atoms. The zero-order valence-corrected chi connectivity index (χ0v) is 12.6. The molecule has 0 unspecified atom stereocenters. The van der Waals surface area contributed by atoms with Crippen molar-refractivity contribution < 1.29 is 19.0 Å². The molecule has 1 heterocycles. The van der Waals surface area contributed by atoms with Crippen molar-refractivity contribution in [3.8, 4) is 5.75 Å². The van der Waals surface area contributed by atoms with Crippen molar-refractivity contribution in [3.63, 3.8) is 0 Å². The van der Waals surface area contributed by atoms with Gasteiger partial charge >= 0.3 is 0 Å². The minimum Gasteiger partial charge on any atom is -0.491 e. The van der Waals surface area contributed by atoms with Crippen LogP contribution in [0.15, 0.2) is 18.2 Å². The molecule has 0 aromatic heterocycles. The maximum atomic E-state index is 13.6. The SMILES string of the molecule is NCCOc1ccc(F)cc1C(=O)N1CCCC[C@H]1CCO. The average molecular weight is 310 g/mol. The molecule has 0 radical (unpaired) electrons. The molecule has 1 saturated heterocycles. The first-order valence-electron chi connectivity index (χ1n) is 7.71. The van der Waals surface area contributed by atoms with Crippen molar-refractivity contribution in [2.24, 2.45) is 5.73 Å². The van der Waals surface area contributed by atoms with Crippen LogP contribution in [-0.2, 0) is 0 Å². The maximum absolute atomic E-state index is 13.6. The van der Waals surface area contributed by atoms with E-state index in [1.165, 1.54) is 18.2 Å². The number of nitrogens with zero attached hydrogens (tertiary/aromatic N) is 1. The van der Waals surface area contributed by atoms with Crippen LogP contribution in [0, 0.1) is 5.82 Å². The van der Waals surface area contributed by atoms with E-state index in [0.717, 1.165) is 19.3 Å². The van der Waals surface area contributed by atoms with E-state index < -0.39 is 5.82 Å². The summed E-state index contributed by atoms with van der Waals surface area (Å²) in [7, 11) is 0. The average Bonchev–Trinajstić information content (AvgIpc) is 2.54. The Morgan fingerprint density at radius 3 is 3.00 bits per heavy atom. The number of hydrogen-bond acceptors (Lipinski definition) is 4. The highest BCUT2D eigenvalue weighted by Crippen LogP contribution is 2.26. The molecule has 2 rings (SSSR count). The second kappa shape index (κ2) is 8.10. The van der Waals surface area contributed by atoms with Crippen molar-refractivity contribution in [3.05, 3.63) is 29.6 Å². The lowest BCUT2D eigenvalue weighted by Gasteiger charge is -2.36. The molecule has 0 saturated carbocycles. The molecule has 1 atom stereocenters. The van der Waals surface area contributed by atoms with E-state index in [9.17, 15) is 9.18 Å². The second-order valence-corrected chi connectivity index (χ2v) is 5.44. The fraction of sp³-hybridized carbons (Fsp3) is 0.562. The summed E-state index contributed by atoms with van der Waals surface area (Å²) >= 11 is 0. The molecule has 1 aliphatic heterocycles. The summed E-state index contributed by atoms with van der Waals surface area (Å²) in [6, 6.07) is 3.93. The minimum atomic E-state index is -0.473. The number of amides is 1. The van der Waals surface area contributed by atoms with Crippen LogP contribution in [0.25, 0.3) is 0 Å². The number of benzene rings is 1. The van der Waals surface area contributed by atoms with Crippen molar-refractivity contribution in [1.29, 1.82) is 0 Å². The number of piperidine rings is 1. The van der Waals surface area contributed by atoms with Gasteiger partial charge in [-0.1, -0.05) is 0 Å². The molecule has 6 heteroatoms. The number of ether oxygens (including phenoxy) is 1. The van der Waals surface area contributed by atoms with E-state index >= 15 is 0 Å². The Balaban J connectivity index is 2.24. The molecule has 1 aromatic carbocycles. The molecule has 1 amide bonds. The van der Waals surface area contributed by atoms with Crippen LogP contribution >= 0.6 is 0 Å². The van der Waals surface area contributed by atoms with Crippen LogP contribution in [0.2, 0.25) is 0 Å². The summed E-state index contributed by atoms with van der Waals surface area (Å²) in [6.45, 7) is 1.25. The number of carbonyl (C=O) groups is 1. The highest BCUT2D eigenvalue weighted by atomic mass is 19.1. The van der Waals surface area contributed by atoms with Crippen LogP contribution in [0.1, 0.15) is 36.0 Å². The largest absolute Gasteiger partial charge is 0.491 e. The summed E-state index contributed by atoms with van der Waals surface area (Å²) < 4.78 is 19.0. The summed E-state index contributed by atoms with van der Waals surface area (Å²) in [5.41, 5.74) is 5.64. The molecular formula is C16H23FN2O3. The lowest BCUT2D eigenvalue weighted by molar-refractivity contribution is 0.0570. The monoisotopic (exact) mass is 310 g/mol. The lowest BCUT2D eigenvalue weighted by Crippen LogP contribution is -2.44. The van der Waals surface area contributed by atoms with E-state index in [1.54, 1.807) is 4.90 Å². The Hall–Kier alpha value is -1.66. The Kier molecular flexibility index (Phi) is 6.15. The van der Waals surface area contributed by atoms with Gasteiger partial charge in [-0.2, -0.15) is 0 Å². The van der Waals surface area contributed by atoms with Crippen molar-refractivity contribution in [2.45, 2.75) is 31.7 Å². The fourth-order valence-corrected chi connectivity index (χ4v) is 2.84. The Labute approximate surface area is 129 Å². The van der Waals surface area contributed by atoms with Gasteiger partial charge in [-0.3, -0.25) is 4.79 Å². The smallest absolute Gasteiger partial charge is 0.257 e. The number of aliphatic hydroxyl groups is 1. The van der Waals surface area contributed by atoms with Gasteiger partial charge in [0.15, 0.2) is 0 Å². The highest BCUT2D eigenvalue weighted by Gasteiger charge is 2.29. The Morgan fingerprint density at radius 2 is 2.27 bits per heavy atom. The molecule has 1 aromatic rings. The Bertz CT molecular complexity index is 508. The maximum Gasteiger partial charge on any atom is 0.257 e. The molecule has 22 heavy (non-hydrogen) atoms. The van der Waals surface area contributed by atoms with Crippen molar-refractivity contribution in [2.75, 3.05) is 26.3 Å². The van der Waals surface area contributed by atoms with Gasteiger partial charge in [0.1, 0.15) is 18.2 Å². The number of hydrogen-bond donors (Lipinski definition) is 2. The molecule has 1 fully saturated rings. The topological polar surface area (TPSA) is 75.8 Å². The van der Waals surface area contributed by atoms with Gasteiger partial charge in [-0.05, 0) is 43.9 Å². The quantitative estimate of drug-likeness (QED) is 0.836. The van der Waals surface area contributed by atoms with Gasteiger partial charge in [-0.25, -0.2) is 4.39 Å². The van der Waals surface area contributed by atoms with Crippen molar-refractivity contribution in [1.82, 2.24) is 4.90 Å². The molecule has 5 nitrogen and oxygen atoms in total. The third-order valence-electron chi connectivity index (χ3n) is 3.90. The molecule has 1 aliphatic rings. The van der Waals surface area contributed by atoms with Crippen LogP contribution in [0.4, 0.5) is 4.39 Å². The van der Waals surface area contributed by atoms with Gasteiger partial charge in [0.2, 0.25) is 0 Å². The number of halogens is 1. The van der Waals surface area contributed by atoms with Gasteiger partial charge in [-0.15, -0.1) is 0 Å². The number of aliphatic hydroxyl groups excluding tert-OH is 1. The first kappa shape index (κ1) is 16.7. The van der Waals surface area contributed by atoms with E-state index in [1.807, 2.05) is 0 Å². The van der Waals surface area contributed by atoms with Crippen LogP contribution in [-0.4, -0.2) is 48.3 Å². The first-order valence-corrected chi connectivity index (χ1v) is 7.71. The molecule has 3 N–H and O–H groups in total. The van der Waals surface area contributed by atoms with E-state index in [2.05, 4.69) is 0 Å². The zero-order chi connectivity index (χ0) is 15.9. The standard InChI is InChI=1S/C16H23FN2O3/c17-12-4-5-15(22-10-7-18)14(11-12)16(21)19-8-2-1-3-13(19)6-9-20/h4-5,11,13,20H,1-3,6-10,18H2/t13-/m0/s1. The van der Waals surface area contributed by atoms with Gasteiger partial charge in [0, 0.05) is 25.7 Å². The van der Waals surface area contributed by atoms with E-state index in [0.29, 0.717) is 25.3 Å². The predicted molar refractivity (Wildman–Crippen MR) is 81.3 cm³/mol. The molecule has 0 spiro atoms. The zero-order valence-electron chi connectivity index (χ0n) is 12.6. The van der Waals surface area contributed by atoms with Crippen LogP contribution in [0.3, 0.4) is 0 Å². The Morgan fingerprint density at radius 1 is 1.45 bits per heavy atom. The van der Waals surface area contributed by atoms with Crippen molar-refractivity contribution >= 4 is 5.91 Å². The predicted octanol–water partition coefficient (Wildman–Crippen LogP) is 1.54. The van der Waals surface area contributed by atoms with E-state index in [-0.39, 0.29) is 30.7 Å².